The van der Waals surface area contributed by atoms with E-state index >= 15 is 0 Å². The Bertz CT molecular complexity index is 1130. The monoisotopic (exact) mass is 463 g/mol. The molecule has 34 heavy (non-hydrogen) atoms. The predicted octanol–water partition coefficient (Wildman–Crippen LogP) is 2.60. The van der Waals surface area contributed by atoms with Crippen LogP contribution >= 0.6 is 0 Å². The molecule has 0 saturated carbocycles. The molecule has 0 radical (unpaired) electrons. The Morgan fingerprint density at radius 3 is 2.47 bits per heavy atom. The van der Waals surface area contributed by atoms with Gasteiger partial charge < -0.3 is 25.1 Å². The van der Waals surface area contributed by atoms with Gasteiger partial charge in [-0.05, 0) is 82.2 Å². The summed E-state index contributed by atoms with van der Waals surface area (Å²) in [4.78, 5) is 24.1. The van der Waals surface area contributed by atoms with Crippen LogP contribution in [0.3, 0.4) is 0 Å². The van der Waals surface area contributed by atoms with Gasteiger partial charge in [-0.3, -0.25) is 4.79 Å². The lowest BCUT2D eigenvalue weighted by molar-refractivity contribution is 0.0659. The Kier molecular flexibility index (Phi) is 6.38. The molecular formula is C25H33N7O2. The molecule has 0 bridgehead atoms. The van der Waals surface area contributed by atoms with Gasteiger partial charge in [0.05, 0.1) is 11.8 Å². The van der Waals surface area contributed by atoms with Crippen LogP contribution in [0.25, 0.3) is 5.65 Å². The molecule has 5 rings (SSSR count). The fourth-order valence-electron chi connectivity index (χ4n) is 4.88. The minimum Gasteiger partial charge on any atom is -0.393 e. The van der Waals surface area contributed by atoms with Crippen molar-refractivity contribution >= 4 is 28.9 Å². The molecule has 9 heteroatoms. The molecule has 3 aromatic rings. The molecule has 0 aliphatic carbocycles. The molecule has 2 N–H and O–H groups in total. The number of nitrogens with zero attached hydrogens (tertiary/aromatic N) is 6. The van der Waals surface area contributed by atoms with Gasteiger partial charge in [0.2, 0.25) is 5.95 Å². The highest BCUT2D eigenvalue weighted by Crippen LogP contribution is 2.26. The molecule has 2 saturated heterocycles. The first kappa shape index (κ1) is 22.6. The Hall–Kier alpha value is -3.17. The van der Waals surface area contributed by atoms with E-state index in [1.807, 2.05) is 54.5 Å². The van der Waals surface area contributed by atoms with E-state index in [1.165, 1.54) is 0 Å². The summed E-state index contributed by atoms with van der Waals surface area (Å²) in [6.07, 6.45) is 5.22. The third-order valence-corrected chi connectivity index (χ3v) is 7.09. The van der Waals surface area contributed by atoms with Crippen molar-refractivity contribution in [3.8, 4) is 0 Å². The fourth-order valence-corrected chi connectivity index (χ4v) is 4.88. The highest BCUT2D eigenvalue weighted by Gasteiger charge is 2.25. The second-order valence-corrected chi connectivity index (χ2v) is 9.47. The van der Waals surface area contributed by atoms with Crippen molar-refractivity contribution in [2.45, 2.75) is 37.8 Å². The van der Waals surface area contributed by atoms with Crippen molar-refractivity contribution in [1.82, 2.24) is 24.4 Å². The van der Waals surface area contributed by atoms with Gasteiger partial charge in [-0.15, -0.1) is 5.10 Å². The molecule has 2 aromatic heterocycles. The number of pyridine rings is 1. The summed E-state index contributed by atoms with van der Waals surface area (Å²) in [7, 11) is 4.03. The van der Waals surface area contributed by atoms with Crippen LogP contribution in [-0.4, -0.2) is 87.8 Å². The summed E-state index contributed by atoms with van der Waals surface area (Å²) in [5.41, 5.74) is 3.32. The molecular weight excluding hydrogens is 430 g/mol. The number of carbonyl (C=O) groups excluding carboxylic acids is 1. The quantitative estimate of drug-likeness (QED) is 0.601. The van der Waals surface area contributed by atoms with Gasteiger partial charge in [-0.2, -0.15) is 4.98 Å². The van der Waals surface area contributed by atoms with Crippen LogP contribution in [0.1, 0.15) is 36.0 Å². The second-order valence-electron chi connectivity index (χ2n) is 9.47. The van der Waals surface area contributed by atoms with Gasteiger partial charge in [0, 0.05) is 43.6 Å². The van der Waals surface area contributed by atoms with E-state index in [4.69, 9.17) is 4.98 Å². The molecule has 4 heterocycles. The average molecular weight is 464 g/mol. The van der Waals surface area contributed by atoms with Crippen LogP contribution in [0, 0.1) is 0 Å². The van der Waals surface area contributed by atoms with Crippen LogP contribution in [0.5, 0.6) is 0 Å². The third-order valence-electron chi connectivity index (χ3n) is 7.09. The standard InChI is InChI=1S/C25H33N7O2/c1-29-14-9-20(10-15-29)30(2)24(34)18-5-7-19(8-6-18)26-25-27-23-22(4-3-13-32(23)28-25)31-16-11-21(33)12-17-31/h3-8,13,20-21,33H,9-12,14-17H2,1-2H3,(H,26,28). The van der Waals surface area contributed by atoms with Gasteiger partial charge in [-0.25, -0.2) is 4.52 Å². The zero-order valence-corrected chi connectivity index (χ0v) is 19.9. The van der Waals surface area contributed by atoms with E-state index in [9.17, 15) is 9.90 Å². The molecule has 0 atom stereocenters. The summed E-state index contributed by atoms with van der Waals surface area (Å²) in [5.74, 6) is 0.565. The SMILES string of the molecule is CN1CCC(N(C)C(=O)c2ccc(Nc3nc4c(N5CCC(O)CC5)cccn4n3)cc2)CC1. The molecule has 0 unspecified atom stereocenters. The number of aliphatic hydroxyl groups is 1. The zero-order chi connectivity index (χ0) is 23.7. The molecule has 180 valence electrons. The van der Waals surface area contributed by atoms with Gasteiger partial charge in [0.15, 0.2) is 5.65 Å². The number of rotatable bonds is 5. The molecule has 9 nitrogen and oxygen atoms in total. The number of hydrogen-bond donors (Lipinski definition) is 2. The zero-order valence-electron chi connectivity index (χ0n) is 19.9. The molecule has 2 aliphatic heterocycles. The number of aromatic nitrogens is 3. The highest BCUT2D eigenvalue weighted by molar-refractivity contribution is 5.94. The smallest absolute Gasteiger partial charge is 0.253 e. The maximum Gasteiger partial charge on any atom is 0.253 e. The lowest BCUT2D eigenvalue weighted by Gasteiger charge is -2.35. The van der Waals surface area contributed by atoms with E-state index in [1.54, 1.807) is 4.52 Å². The second kappa shape index (κ2) is 9.60. The number of amides is 1. The number of benzene rings is 1. The Morgan fingerprint density at radius 2 is 1.76 bits per heavy atom. The molecule has 1 amide bonds. The lowest BCUT2D eigenvalue weighted by atomic mass is 10.0. The minimum absolute atomic E-state index is 0.0586. The Labute approximate surface area is 200 Å². The number of fused-ring (bicyclic) bond motifs is 1. The van der Waals surface area contributed by atoms with Crippen molar-refractivity contribution in [3.05, 3.63) is 48.2 Å². The van der Waals surface area contributed by atoms with Gasteiger partial charge in [0.1, 0.15) is 0 Å². The molecule has 2 fully saturated rings. The summed E-state index contributed by atoms with van der Waals surface area (Å²) in [6, 6.07) is 11.8. The largest absolute Gasteiger partial charge is 0.393 e. The third kappa shape index (κ3) is 4.71. The first-order chi connectivity index (χ1) is 16.5. The normalized spacial score (nSPS) is 18.4. The number of anilines is 3. The van der Waals surface area contributed by atoms with E-state index in [0.29, 0.717) is 17.6 Å². The van der Waals surface area contributed by atoms with E-state index in [0.717, 1.165) is 68.9 Å². The van der Waals surface area contributed by atoms with Crippen molar-refractivity contribution in [1.29, 1.82) is 0 Å². The summed E-state index contributed by atoms with van der Waals surface area (Å²) in [6.45, 7) is 3.66. The van der Waals surface area contributed by atoms with Crippen LogP contribution in [0.2, 0.25) is 0 Å². The average Bonchev–Trinajstić information content (AvgIpc) is 3.27. The number of piperidine rings is 2. The van der Waals surface area contributed by atoms with Crippen LogP contribution in [0.4, 0.5) is 17.3 Å². The van der Waals surface area contributed by atoms with Crippen LogP contribution in [0.15, 0.2) is 42.6 Å². The van der Waals surface area contributed by atoms with Gasteiger partial charge >= 0.3 is 0 Å². The van der Waals surface area contributed by atoms with E-state index in [-0.39, 0.29) is 12.0 Å². The highest BCUT2D eigenvalue weighted by atomic mass is 16.3. The van der Waals surface area contributed by atoms with Crippen LogP contribution < -0.4 is 10.2 Å². The summed E-state index contributed by atoms with van der Waals surface area (Å²) >= 11 is 0. The van der Waals surface area contributed by atoms with Crippen molar-refractivity contribution in [3.63, 3.8) is 0 Å². The fraction of sp³-hybridized carbons (Fsp3) is 0.480. The predicted molar refractivity (Wildman–Crippen MR) is 133 cm³/mol. The van der Waals surface area contributed by atoms with Gasteiger partial charge in [-0.1, -0.05) is 0 Å². The summed E-state index contributed by atoms with van der Waals surface area (Å²) < 4.78 is 1.77. The van der Waals surface area contributed by atoms with Crippen LogP contribution in [-0.2, 0) is 0 Å². The lowest BCUT2D eigenvalue weighted by Crippen LogP contribution is -2.44. The maximum absolute atomic E-state index is 13.0. The maximum atomic E-state index is 13.0. The van der Waals surface area contributed by atoms with Crippen molar-refractivity contribution < 1.29 is 9.90 Å². The number of likely N-dealkylation sites (tertiary alicyclic amines) is 1. The molecule has 2 aliphatic rings. The van der Waals surface area contributed by atoms with E-state index in [2.05, 4.69) is 27.3 Å². The summed E-state index contributed by atoms with van der Waals surface area (Å²) in [5, 5.41) is 17.7. The first-order valence-corrected chi connectivity index (χ1v) is 12.1. The number of nitrogens with one attached hydrogen (secondary N) is 1. The number of carbonyl (C=O) groups is 1. The first-order valence-electron chi connectivity index (χ1n) is 12.1. The molecule has 0 spiro atoms. The topological polar surface area (TPSA) is 89.2 Å². The Balaban J connectivity index is 1.27. The minimum atomic E-state index is -0.218. The van der Waals surface area contributed by atoms with Gasteiger partial charge in [0.25, 0.3) is 5.91 Å². The molecule has 1 aromatic carbocycles. The van der Waals surface area contributed by atoms with E-state index < -0.39 is 0 Å². The van der Waals surface area contributed by atoms with Crippen molar-refractivity contribution in [2.24, 2.45) is 0 Å². The van der Waals surface area contributed by atoms with Crippen molar-refractivity contribution in [2.75, 3.05) is 50.5 Å². The number of hydrogen-bond acceptors (Lipinski definition) is 7. The number of aliphatic hydroxyl groups excluding tert-OH is 1. The Morgan fingerprint density at radius 1 is 1.06 bits per heavy atom.